The largest absolute Gasteiger partial charge is 0.469 e. The molecule has 1 aromatic rings. The third-order valence-corrected chi connectivity index (χ3v) is 3.87. The van der Waals surface area contributed by atoms with E-state index in [1.165, 1.54) is 7.11 Å². The molecule has 0 radical (unpaired) electrons. The van der Waals surface area contributed by atoms with Gasteiger partial charge in [0.15, 0.2) is 0 Å². The first-order valence-corrected chi connectivity index (χ1v) is 6.36. The Labute approximate surface area is 107 Å². The van der Waals surface area contributed by atoms with Crippen molar-refractivity contribution in [2.75, 3.05) is 7.11 Å². The lowest BCUT2D eigenvalue weighted by molar-refractivity contribution is -0.142. The first kappa shape index (κ1) is 13.1. The molecule has 1 saturated carbocycles. The predicted octanol–water partition coefficient (Wildman–Crippen LogP) is 3.18. The van der Waals surface area contributed by atoms with Crippen molar-refractivity contribution in [2.45, 2.75) is 33.1 Å². The third kappa shape index (κ3) is 2.71. The van der Waals surface area contributed by atoms with Crippen molar-refractivity contribution < 1.29 is 13.9 Å². The minimum atomic E-state index is -0.131. The van der Waals surface area contributed by atoms with Crippen LogP contribution in [0.2, 0.25) is 0 Å². The van der Waals surface area contributed by atoms with E-state index in [1.807, 2.05) is 19.9 Å². The van der Waals surface area contributed by atoms with Crippen molar-refractivity contribution in [1.82, 2.24) is 0 Å². The maximum Gasteiger partial charge on any atom is 0.308 e. The maximum absolute atomic E-state index is 13.7. The van der Waals surface area contributed by atoms with Gasteiger partial charge < -0.3 is 4.74 Å². The van der Waals surface area contributed by atoms with Crippen molar-refractivity contribution >= 4 is 5.97 Å². The number of rotatable bonds is 4. The Kier molecular flexibility index (Phi) is 3.69. The van der Waals surface area contributed by atoms with Crippen LogP contribution < -0.4 is 0 Å². The SMILES string of the molecule is COC(=O)C1CC1CCc1cc(C)c(C)cc1F. The maximum atomic E-state index is 13.7. The fraction of sp³-hybridized carbons (Fsp3) is 0.533. The number of hydrogen-bond acceptors (Lipinski definition) is 2. The number of hydrogen-bond donors (Lipinski definition) is 0. The Morgan fingerprint density at radius 1 is 1.39 bits per heavy atom. The Morgan fingerprint density at radius 3 is 2.72 bits per heavy atom. The monoisotopic (exact) mass is 250 g/mol. The molecule has 0 aromatic heterocycles. The normalized spacial score (nSPS) is 21.8. The molecule has 0 saturated heterocycles. The zero-order valence-electron chi connectivity index (χ0n) is 11.1. The smallest absolute Gasteiger partial charge is 0.308 e. The summed E-state index contributed by atoms with van der Waals surface area (Å²) < 4.78 is 18.4. The number of ether oxygens (including phenoxy) is 1. The predicted molar refractivity (Wildman–Crippen MR) is 67.8 cm³/mol. The van der Waals surface area contributed by atoms with Crippen LogP contribution in [0.4, 0.5) is 4.39 Å². The van der Waals surface area contributed by atoms with Crippen molar-refractivity contribution in [2.24, 2.45) is 11.8 Å². The molecule has 1 aromatic carbocycles. The summed E-state index contributed by atoms with van der Waals surface area (Å²) in [6.07, 6.45) is 2.45. The molecule has 2 nitrogen and oxygen atoms in total. The van der Waals surface area contributed by atoms with Gasteiger partial charge in [0.05, 0.1) is 13.0 Å². The molecule has 2 rings (SSSR count). The third-order valence-electron chi connectivity index (χ3n) is 3.87. The molecule has 0 amide bonds. The molecule has 0 bridgehead atoms. The van der Waals surface area contributed by atoms with Crippen molar-refractivity contribution in [3.8, 4) is 0 Å². The fourth-order valence-corrected chi connectivity index (χ4v) is 2.38. The zero-order valence-corrected chi connectivity index (χ0v) is 11.1. The van der Waals surface area contributed by atoms with Gasteiger partial charge in [-0.25, -0.2) is 4.39 Å². The molecule has 0 heterocycles. The van der Waals surface area contributed by atoms with E-state index in [2.05, 4.69) is 0 Å². The molecule has 3 heteroatoms. The Bertz CT molecular complexity index is 468. The lowest BCUT2D eigenvalue weighted by atomic mass is 10.0. The van der Waals surface area contributed by atoms with Gasteiger partial charge in [0, 0.05) is 0 Å². The fourth-order valence-electron chi connectivity index (χ4n) is 2.38. The summed E-state index contributed by atoms with van der Waals surface area (Å²) in [5.41, 5.74) is 2.86. The minimum Gasteiger partial charge on any atom is -0.469 e. The highest BCUT2D eigenvalue weighted by molar-refractivity contribution is 5.75. The average molecular weight is 250 g/mol. The van der Waals surface area contributed by atoms with Gasteiger partial charge in [0.1, 0.15) is 5.82 Å². The standard InChI is InChI=1S/C15H19FO2/c1-9-6-12(14(16)7-10(9)2)5-4-11-8-13(11)15(17)18-3/h6-7,11,13H,4-5,8H2,1-3H3. The molecule has 0 N–H and O–H groups in total. The summed E-state index contributed by atoms with van der Waals surface area (Å²) in [4.78, 5) is 11.3. The molecule has 1 aliphatic rings. The van der Waals surface area contributed by atoms with Crippen LogP contribution in [0, 0.1) is 31.5 Å². The van der Waals surface area contributed by atoms with Gasteiger partial charge in [0.2, 0.25) is 0 Å². The van der Waals surface area contributed by atoms with Crippen molar-refractivity contribution in [1.29, 1.82) is 0 Å². The highest BCUT2D eigenvalue weighted by Gasteiger charge is 2.43. The number of methoxy groups -OCH3 is 1. The molecular weight excluding hydrogens is 231 g/mol. The molecule has 2 unspecified atom stereocenters. The summed E-state index contributed by atoms with van der Waals surface area (Å²) in [7, 11) is 1.42. The second kappa shape index (κ2) is 5.09. The van der Waals surface area contributed by atoms with Crippen LogP contribution in [-0.4, -0.2) is 13.1 Å². The average Bonchev–Trinajstić information content (AvgIpc) is 3.10. The lowest BCUT2D eigenvalue weighted by Crippen LogP contribution is -2.05. The van der Waals surface area contributed by atoms with Gasteiger partial charge in [-0.2, -0.15) is 0 Å². The second-order valence-corrected chi connectivity index (χ2v) is 5.19. The van der Waals surface area contributed by atoms with Gasteiger partial charge in [-0.05, 0) is 61.8 Å². The van der Waals surface area contributed by atoms with E-state index >= 15 is 0 Å². The number of halogens is 1. The minimum absolute atomic E-state index is 0.0459. The Balaban J connectivity index is 1.92. The van der Waals surface area contributed by atoms with Gasteiger partial charge in [-0.15, -0.1) is 0 Å². The van der Waals surface area contributed by atoms with E-state index in [1.54, 1.807) is 6.07 Å². The van der Waals surface area contributed by atoms with Crippen LogP contribution in [-0.2, 0) is 16.0 Å². The van der Waals surface area contributed by atoms with Crippen LogP contribution >= 0.6 is 0 Å². The molecule has 0 spiro atoms. The van der Waals surface area contributed by atoms with Crippen LogP contribution in [0.1, 0.15) is 29.5 Å². The van der Waals surface area contributed by atoms with Crippen LogP contribution in [0.5, 0.6) is 0 Å². The lowest BCUT2D eigenvalue weighted by Gasteiger charge is -2.07. The number of carbonyl (C=O) groups is 1. The summed E-state index contributed by atoms with van der Waals surface area (Å²) >= 11 is 0. The van der Waals surface area contributed by atoms with Gasteiger partial charge in [-0.1, -0.05) is 6.07 Å². The van der Waals surface area contributed by atoms with E-state index < -0.39 is 0 Å². The number of benzene rings is 1. The first-order valence-electron chi connectivity index (χ1n) is 6.36. The molecule has 0 aliphatic heterocycles. The number of aryl methyl sites for hydroxylation is 3. The van der Waals surface area contributed by atoms with Crippen molar-refractivity contribution in [3.05, 3.63) is 34.6 Å². The molecule has 18 heavy (non-hydrogen) atoms. The van der Waals surface area contributed by atoms with Crippen molar-refractivity contribution in [3.63, 3.8) is 0 Å². The molecular formula is C15H19FO2. The second-order valence-electron chi connectivity index (χ2n) is 5.19. The Morgan fingerprint density at radius 2 is 2.06 bits per heavy atom. The molecule has 1 fully saturated rings. The summed E-state index contributed by atoms with van der Waals surface area (Å²) in [5.74, 6) is 0.164. The van der Waals surface area contributed by atoms with Crippen LogP contribution in [0.15, 0.2) is 12.1 Å². The highest BCUT2D eigenvalue weighted by atomic mass is 19.1. The van der Waals surface area contributed by atoms with E-state index in [0.29, 0.717) is 12.3 Å². The number of carbonyl (C=O) groups excluding carboxylic acids is 1. The number of esters is 1. The van der Waals surface area contributed by atoms with Gasteiger partial charge in [0.25, 0.3) is 0 Å². The molecule has 2 atom stereocenters. The van der Waals surface area contributed by atoms with E-state index in [0.717, 1.165) is 29.5 Å². The quantitative estimate of drug-likeness (QED) is 0.767. The summed E-state index contributed by atoms with van der Waals surface area (Å²) in [6, 6.07) is 3.51. The topological polar surface area (TPSA) is 26.3 Å². The highest BCUT2D eigenvalue weighted by Crippen LogP contribution is 2.42. The summed E-state index contributed by atoms with van der Waals surface area (Å²) in [6.45, 7) is 3.91. The zero-order chi connectivity index (χ0) is 13.3. The van der Waals surface area contributed by atoms with Gasteiger partial charge in [-0.3, -0.25) is 4.79 Å². The molecule has 1 aliphatic carbocycles. The van der Waals surface area contributed by atoms with Crippen LogP contribution in [0.3, 0.4) is 0 Å². The molecule has 98 valence electrons. The summed E-state index contributed by atoms with van der Waals surface area (Å²) in [5, 5.41) is 0. The first-order chi connectivity index (χ1) is 8.52. The van der Waals surface area contributed by atoms with Crippen LogP contribution in [0.25, 0.3) is 0 Å². The van der Waals surface area contributed by atoms with Gasteiger partial charge >= 0.3 is 5.97 Å². The van der Waals surface area contributed by atoms with E-state index in [4.69, 9.17) is 4.74 Å². The Hall–Kier alpha value is -1.38. The van der Waals surface area contributed by atoms with E-state index in [-0.39, 0.29) is 17.7 Å². The van der Waals surface area contributed by atoms with E-state index in [9.17, 15) is 9.18 Å².